The normalized spacial score (nSPS) is 11.4. The maximum absolute atomic E-state index is 14.2. The maximum Gasteiger partial charge on any atom is 0.573 e. The molecule has 12 heteroatoms. The van der Waals surface area contributed by atoms with Crippen LogP contribution in [-0.2, 0) is 6.61 Å². The van der Waals surface area contributed by atoms with E-state index in [0.717, 1.165) is 24.3 Å². The molecule has 0 aliphatic heterocycles. The van der Waals surface area contributed by atoms with Crippen molar-refractivity contribution in [2.24, 2.45) is 5.73 Å². The average molecular weight is 449 g/mol. The number of oxazole rings is 1. The lowest BCUT2D eigenvalue weighted by atomic mass is 10.1. The molecule has 0 spiro atoms. The average Bonchev–Trinajstić information content (AvgIpc) is 3.01. The molecule has 1 aromatic heterocycles. The molecule has 158 valence electrons. The molecule has 0 bridgehead atoms. The maximum atomic E-state index is 14.2. The molecule has 6 nitrogen and oxygen atoms in total. The minimum atomic E-state index is -4.83. The van der Waals surface area contributed by atoms with Crippen LogP contribution < -0.4 is 15.2 Å². The standard InChI is InChI=1S/C18H10ClF5N2O4/c19-16-15(8-1-3-9(4-2-8)30-18(22,23)24)26-12(29-16)7-28-11-6-5-10(20)13(14(11)21)17(25)27/h1-6H,7H2,(H2,25,27). The number of ether oxygens (including phenoxy) is 2. The zero-order valence-electron chi connectivity index (χ0n) is 14.6. The number of carbonyl (C=O) groups excluding carboxylic acids is 1. The molecule has 1 amide bonds. The van der Waals surface area contributed by atoms with E-state index in [1.165, 1.54) is 12.1 Å². The highest BCUT2D eigenvalue weighted by Crippen LogP contribution is 2.31. The fourth-order valence-corrected chi connectivity index (χ4v) is 2.65. The summed E-state index contributed by atoms with van der Waals surface area (Å²) >= 11 is 5.95. The van der Waals surface area contributed by atoms with Crippen LogP contribution in [-0.4, -0.2) is 17.3 Å². The van der Waals surface area contributed by atoms with Crippen molar-refractivity contribution in [2.45, 2.75) is 13.0 Å². The second-order valence-corrected chi connectivity index (χ2v) is 6.03. The van der Waals surface area contributed by atoms with Crippen molar-refractivity contribution in [1.82, 2.24) is 4.98 Å². The molecule has 0 aliphatic carbocycles. The third-order valence-electron chi connectivity index (χ3n) is 3.64. The zero-order valence-corrected chi connectivity index (χ0v) is 15.4. The van der Waals surface area contributed by atoms with Gasteiger partial charge in [0.2, 0.25) is 11.1 Å². The van der Waals surface area contributed by atoms with E-state index < -0.39 is 47.6 Å². The molecular weight excluding hydrogens is 439 g/mol. The first-order valence-electron chi connectivity index (χ1n) is 7.97. The van der Waals surface area contributed by atoms with Gasteiger partial charge >= 0.3 is 6.36 Å². The summed E-state index contributed by atoms with van der Waals surface area (Å²) in [6.45, 7) is -0.449. The van der Waals surface area contributed by atoms with Gasteiger partial charge in [-0.05, 0) is 48.0 Å². The molecule has 3 rings (SSSR count). The Bertz CT molecular complexity index is 1080. The van der Waals surface area contributed by atoms with Gasteiger partial charge in [-0.15, -0.1) is 13.2 Å². The van der Waals surface area contributed by atoms with Crippen LogP contribution in [0.15, 0.2) is 40.8 Å². The summed E-state index contributed by atoms with van der Waals surface area (Å²) < 4.78 is 78.4. The van der Waals surface area contributed by atoms with Crippen molar-refractivity contribution in [1.29, 1.82) is 0 Å². The lowest BCUT2D eigenvalue weighted by molar-refractivity contribution is -0.274. The van der Waals surface area contributed by atoms with Gasteiger partial charge in [-0.25, -0.2) is 13.8 Å². The smallest absolute Gasteiger partial charge is 0.481 e. The Kier molecular flexibility index (Phi) is 5.83. The number of nitrogens with zero attached hydrogens (tertiary/aromatic N) is 1. The molecule has 0 saturated heterocycles. The van der Waals surface area contributed by atoms with E-state index in [4.69, 9.17) is 26.5 Å². The SMILES string of the molecule is NC(=O)c1c(F)ccc(OCc2nc(-c3ccc(OC(F)(F)F)cc3)c(Cl)o2)c1F. The van der Waals surface area contributed by atoms with E-state index in [-0.39, 0.29) is 16.8 Å². The number of nitrogens with two attached hydrogens (primary N) is 1. The van der Waals surface area contributed by atoms with E-state index in [1.807, 2.05) is 0 Å². The summed E-state index contributed by atoms with van der Waals surface area (Å²) in [6, 6.07) is 6.41. The number of rotatable bonds is 6. The third kappa shape index (κ3) is 4.79. The largest absolute Gasteiger partial charge is 0.573 e. The summed E-state index contributed by atoms with van der Waals surface area (Å²) in [7, 11) is 0. The summed E-state index contributed by atoms with van der Waals surface area (Å²) in [5.41, 5.74) is 4.37. The van der Waals surface area contributed by atoms with Gasteiger partial charge < -0.3 is 19.6 Å². The van der Waals surface area contributed by atoms with Gasteiger partial charge in [0.05, 0.1) is 0 Å². The van der Waals surface area contributed by atoms with Gasteiger partial charge in [-0.2, -0.15) is 0 Å². The molecule has 0 radical (unpaired) electrons. The highest BCUT2D eigenvalue weighted by Gasteiger charge is 2.31. The van der Waals surface area contributed by atoms with E-state index >= 15 is 0 Å². The van der Waals surface area contributed by atoms with E-state index in [1.54, 1.807) is 0 Å². The molecule has 30 heavy (non-hydrogen) atoms. The van der Waals surface area contributed by atoms with Crippen LogP contribution in [0.4, 0.5) is 22.0 Å². The Morgan fingerprint density at radius 2 is 1.80 bits per heavy atom. The Labute approximate surface area is 170 Å². The Morgan fingerprint density at radius 1 is 1.13 bits per heavy atom. The molecule has 1 heterocycles. The molecular formula is C18H10ClF5N2O4. The lowest BCUT2D eigenvalue weighted by Crippen LogP contribution is -2.16. The topological polar surface area (TPSA) is 87.6 Å². The number of carbonyl (C=O) groups is 1. The Morgan fingerprint density at radius 3 is 2.40 bits per heavy atom. The van der Waals surface area contributed by atoms with Gasteiger partial charge in [0.1, 0.15) is 22.8 Å². The number of alkyl halides is 3. The van der Waals surface area contributed by atoms with Gasteiger partial charge in [0.15, 0.2) is 18.2 Å². The fraction of sp³-hybridized carbons (Fsp3) is 0.111. The number of hydrogen-bond acceptors (Lipinski definition) is 5. The molecule has 3 aromatic rings. The first kappa shape index (κ1) is 21.4. The van der Waals surface area contributed by atoms with Crippen LogP contribution in [0.1, 0.15) is 16.2 Å². The van der Waals surface area contributed by atoms with Crippen LogP contribution >= 0.6 is 11.6 Å². The first-order chi connectivity index (χ1) is 14.0. The number of aromatic nitrogens is 1. The number of hydrogen-bond donors (Lipinski definition) is 1. The molecule has 2 N–H and O–H groups in total. The fourth-order valence-electron chi connectivity index (χ4n) is 2.41. The monoisotopic (exact) mass is 448 g/mol. The number of halogens is 6. The predicted molar refractivity (Wildman–Crippen MR) is 92.8 cm³/mol. The summed E-state index contributed by atoms with van der Waals surface area (Å²) in [4.78, 5) is 15.2. The van der Waals surface area contributed by atoms with E-state index in [0.29, 0.717) is 5.56 Å². The lowest BCUT2D eigenvalue weighted by Gasteiger charge is -2.08. The number of amides is 1. The van der Waals surface area contributed by atoms with Crippen LogP contribution in [0.2, 0.25) is 5.22 Å². The van der Waals surface area contributed by atoms with E-state index in [9.17, 15) is 26.7 Å². The number of benzene rings is 2. The Hall–Kier alpha value is -3.34. The highest BCUT2D eigenvalue weighted by molar-refractivity contribution is 6.31. The molecule has 0 aliphatic rings. The van der Waals surface area contributed by atoms with Crippen molar-refractivity contribution >= 4 is 17.5 Å². The molecule has 2 aromatic carbocycles. The van der Waals surface area contributed by atoms with Crippen molar-refractivity contribution < 1.29 is 40.6 Å². The second-order valence-electron chi connectivity index (χ2n) is 5.69. The second kappa shape index (κ2) is 8.19. The number of primary amides is 1. The summed E-state index contributed by atoms with van der Waals surface area (Å²) in [5, 5.41) is -0.199. The predicted octanol–water partition coefficient (Wildman–Crippen LogP) is 4.85. The van der Waals surface area contributed by atoms with Gasteiger partial charge in [0, 0.05) is 5.56 Å². The first-order valence-corrected chi connectivity index (χ1v) is 8.35. The van der Waals surface area contributed by atoms with Crippen molar-refractivity contribution in [3.05, 3.63) is 64.7 Å². The van der Waals surface area contributed by atoms with Gasteiger partial charge in [-0.1, -0.05) is 0 Å². The minimum Gasteiger partial charge on any atom is -0.481 e. The zero-order chi connectivity index (χ0) is 22.1. The summed E-state index contributed by atoms with van der Waals surface area (Å²) in [6.07, 6.45) is -4.83. The van der Waals surface area contributed by atoms with Crippen LogP contribution in [0.3, 0.4) is 0 Å². The van der Waals surface area contributed by atoms with Crippen molar-refractivity contribution in [3.63, 3.8) is 0 Å². The third-order valence-corrected chi connectivity index (χ3v) is 3.90. The Balaban J connectivity index is 1.76. The van der Waals surface area contributed by atoms with Gasteiger partial charge in [-0.3, -0.25) is 4.79 Å². The quantitative estimate of drug-likeness (QED) is 0.545. The van der Waals surface area contributed by atoms with Crippen LogP contribution in [0.25, 0.3) is 11.3 Å². The molecule has 0 saturated carbocycles. The van der Waals surface area contributed by atoms with Crippen molar-refractivity contribution in [2.75, 3.05) is 0 Å². The summed E-state index contributed by atoms with van der Waals surface area (Å²) in [5.74, 6) is -4.78. The van der Waals surface area contributed by atoms with Gasteiger partial charge in [0.25, 0.3) is 5.91 Å². The minimum absolute atomic E-state index is 0.0891. The molecule has 0 unspecified atom stereocenters. The molecule has 0 atom stereocenters. The molecule has 0 fully saturated rings. The highest BCUT2D eigenvalue weighted by atomic mass is 35.5. The van der Waals surface area contributed by atoms with E-state index in [2.05, 4.69) is 9.72 Å². The van der Waals surface area contributed by atoms with Crippen LogP contribution in [0.5, 0.6) is 11.5 Å². The van der Waals surface area contributed by atoms with Crippen LogP contribution in [0, 0.1) is 11.6 Å². The van der Waals surface area contributed by atoms with Crippen molar-refractivity contribution in [3.8, 4) is 22.8 Å².